The molecule has 1 rings (SSSR count). The molecule has 0 amide bonds. The van der Waals surface area contributed by atoms with Crippen molar-refractivity contribution in [2.75, 3.05) is 20.7 Å². The van der Waals surface area contributed by atoms with Crippen molar-refractivity contribution in [1.29, 1.82) is 0 Å². The van der Waals surface area contributed by atoms with Gasteiger partial charge in [0.2, 0.25) is 0 Å². The van der Waals surface area contributed by atoms with Crippen molar-refractivity contribution in [2.24, 2.45) is 5.73 Å². The number of nitrogens with two attached hydrogens (primary N) is 1. The van der Waals surface area contributed by atoms with E-state index >= 15 is 0 Å². The molecule has 1 atom stereocenters. The maximum atomic E-state index is 5.56. The number of methoxy groups -OCH3 is 1. The molecular weight excluding hydrogens is 256 g/mol. The zero-order valence-electron chi connectivity index (χ0n) is 9.09. The van der Waals surface area contributed by atoms with Crippen LogP contribution in [0.25, 0.3) is 0 Å². The monoisotopic (exact) mass is 272 g/mol. The van der Waals surface area contributed by atoms with Crippen LogP contribution in [0.3, 0.4) is 0 Å². The Morgan fingerprint density at radius 3 is 2.73 bits per heavy atom. The Balaban J connectivity index is 2.89. The Hall–Kier alpha value is -0.580. The molecule has 4 heteroatoms. The van der Waals surface area contributed by atoms with Crippen LogP contribution < -0.4 is 15.8 Å². The molecule has 0 aliphatic carbocycles. The standard InChI is InChI=1S/C11H17BrN2O/c1-14-10(5-6-13)8-3-4-11(15-2)9(12)7-8/h3-4,7,10,14H,5-6,13H2,1-2H3. The van der Waals surface area contributed by atoms with E-state index in [1.807, 2.05) is 13.1 Å². The molecule has 0 bridgehead atoms. The third kappa shape index (κ3) is 3.19. The summed E-state index contributed by atoms with van der Waals surface area (Å²) in [5.41, 5.74) is 6.78. The lowest BCUT2D eigenvalue weighted by Gasteiger charge is -2.16. The van der Waals surface area contributed by atoms with Gasteiger partial charge in [0.15, 0.2) is 0 Å². The topological polar surface area (TPSA) is 47.3 Å². The molecule has 0 fully saturated rings. The first-order valence-electron chi connectivity index (χ1n) is 4.93. The van der Waals surface area contributed by atoms with Gasteiger partial charge >= 0.3 is 0 Å². The lowest BCUT2D eigenvalue weighted by atomic mass is 10.0. The molecular formula is C11H17BrN2O. The maximum absolute atomic E-state index is 5.56. The minimum absolute atomic E-state index is 0.303. The number of halogens is 1. The van der Waals surface area contributed by atoms with Crippen molar-refractivity contribution in [3.05, 3.63) is 28.2 Å². The van der Waals surface area contributed by atoms with Gasteiger partial charge in [0.1, 0.15) is 5.75 Å². The van der Waals surface area contributed by atoms with Crippen LogP contribution in [0.15, 0.2) is 22.7 Å². The van der Waals surface area contributed by atoms with Crippen molar-refractivity contribution in [1.82, 2.24) is 5.32 Å². The predicted octanol–water partition coefficient (Wildman–Crippen LogP) is 2.07. The SMILES string of the molecule is CNC(CCN)c1ccc(OC)c(Br)c1. The average molecular weight is 273 g/mol. The fourth-order valence-corrected chi connectivity index (χ4v) is 2.10. The number of nitrogens with one attached hydrogen (secondary N) is 1. The van der Waals surface area contributed by atoms with Crippen LogP contribution in [0.5, 0.6) is 5.75 Å². The van der Waals surface area contributed by atoms with Crippen molar-refractivity contribution >= 4 is 15.9 Å². The van der Waals surface area contributed by atoms with Gasteiger partial charge in [0.05, 0.1) is 11.6 Å². The maximum Gasteiger partial charge on any atom is 0.133 e. The summed E-state index contributed by atoms with van der Waals surface area (Å²) in [7, 11) is 3.60. The van der Waals surface area contributed by atoms with Crippen molar-refractivity contribution in [3.8, 4) is 5.75 Å². The molecule has 0 saturated carbocycles. The quantitative estimate of drug-likeness (QED) is 0.863. The van der Waals surface area contributed by atoms with Crippen molar-refractivity contribution in [3.63, 3.8) is 0 Å². The molecule has 1 unspecified atom stereocenters. The summed E-state index contributed by atoms with van der Waals surface area (Å²) >= 11 is 3.47. The first-order valence-corrected chi connectivity index (χ1v) is 5.73. The molecule has 0 aliphatic heterocycles. The molecule has 0 heterocycles. The van der Waals surface area contributed by atoms with Gasteiger partial charge in [-0.25, -0.2) is 0 Å². The number of benzene rings is 1. The van der Waals surface area contributed by atoms with E-state index in [1.165, 1.54) is 5.56 Å². The van der Waals surface area contributed by atoms with Crippen molar-refractivity contribution in [2.45, 2.75) is 12.5 Å². The third-order valence-corrected chi connectivity index (χ3v) is 3.00. The lowest BCUT2D eigenvalue weighted by Crippen LogP contribution is -2.19. The van der Waals surface area contributed by atoms with E-state index in [1.54, 1.807) is 7.11 Å². The van der Waals surface area contributed by atoms with E-state index in [0.717, 1.165) is 16.6 Å². The van der Waals surface area contributed by atoms with E-state index < -0.39 is 0 Å². The molecule has 0 spiro atoms. The fourth-order valence-electron chi connectivity index (χ4n) is 1.54. The Morgan fingerprint density at radius 1 is 1.53 bits per heavy atom. The number of rotatable bonds is 5. The zero-order valence-corrected chi connectivity index (χ0v) is 10.7. The van der Waals surface area contributed by atoms with Gasteiger partial charge < -0.3 is 15.8 Å². The Morgan fingerprint density at radius 2 is 2.27 bits per heavy atom. The molecule has 1 aromatic carbocycles. The predicted molar refractivity (Wildman–Crippen MR) is 66.2 cm³/mol. The number of ether oxygens (including phenoxy) is 1. The molecule has 1 aromatic rings. The number of hydrogen-bond acceptors (Lipinski definition) is 3. The molecule has 0 radical (unpaired) electrons. The molecule has 0 aromatic heterocycles. The minimum Gasteiger partial charge on any atom is -0.496 e. The van der Waals surface area contributed by atoms with Crippen LogP contribution in [0.2, 0.25) is 0 Å². The van der Waals surface area contributed by atoms with Crippen LogP contribution in [-0.4, -0.2) is 20.7 Å². The molecule has 3 nitrogen and oxygen atoms in total. The van der Waals surface area contributed by atoms with Crippen LogP contribution >= 0.6 is 15.9 Å². The summed E-state index contributed by atoms with van der Waals surface area (Å²) in [5.74, 6) is 0.848. The van der Waals surface area contributed by atoms with Gasteiger partial charge in [0, 0.05) is 6.04 Å². The Labute approximate surface area is 99.1 Å². The molecule has 84 valence electrons. The summed E-state index contributed by atoms with van der Waals surface area (Å²) in [6, 6.07) is 6.38. The van der Waals surface area contributed by atoms with Crippen LogP contribution in [0, 0.1) is 0 Å². The lowest BCUT2D eigenvalue weighted by molar-refractivity contribution is 0.411. The highest BCUT2D eigenvalue weighted by Gasteiger charge is 2.10. The average Bonchev–Trinajstić information content (AvgIpc) is 2.25. The Bertz CT molecular complexity index is 317. The van der Waals surface area contributed by atoms with E-state index in [9.17, 15) is 0 Å². The minimum atomic E-state index is 0.303. The largest absolute Gasteiger partial charge is 0.496 e. The highest BCUT2D eigenvalue weighted by molar-refractivity contribution is 9.10. The first-order chi connectivity index (χ1) is 7.22. The Kier molecular flexibility index (Phi) is 5.08. The van der Waals surface area contributed by atoms with Gasteiger partial charge in [-0.2, -0.15) is 0 Å². The van der Waals surface area contributed by atoms with E-state index in [2.05, 4.69) is 33.4 Å². The van der Waals surface area contributed by atoms with Gasteiger partial charge in [-0.1, -0.05) is 6.07 Å². The normalized spacial score (nSPS) is 12.5. The summed E-state index contributed by atoms with van der Waals surface area (Å²) in [5, 5.41) is 3.24. The molecule has 3 N–H and O–H groups in total. The van der Waals surface area contributed by atoms with Crippen LogP contribution in [-0.2, 0) is 0 Å². The van der Waals surface area contributed by atoms with E-state index in [0.29, 0.717) is 12.6 Å². The van der Waals surface area contributed by atoms with Crippen molar-refractivity contribution < 1.29 is 4.74 Å². The third-order valence-electron chi connectivity index (χ3n) is 2.38. The highest BCUT2D eigenvalue weighted by atomic mass is 79.9. The van der Waals surface area contributed by atoms with E-state index in [-0.39, 0.29) is 0 Å². The smallest absolute Gasteiger partial charge is 0.133 e. The second-order valence-electron chi connectivity index (χ2n) is 3.31. The summed E-state index contributed by atoms with van der Waals surface area (Å²) in [6.45, 7) is 0.676. The second kappa shape index (κ2) is 6.10. The fraction of sp³-hybridized carbons (Fsp3) is 0.455. The summed E-state index contributed by atoms with van der Waals surface area (Å²) in [6.07, 6.45) is 0.926. The zero-order chi connectivity index (χ0) is 11.3. The first kappa shape index (κ1) is 12.5. The molecule has 0 aliphatic rings. The van der Waals surface area contributed by atoms with Gasteiger partial charge in [-0.15, -0.1) is 0 Å². The summed E-state index contributed by atoms with van der Waals surface area (Å²) < 4.78 is 6.15. The summed E-state index contributed by atoms with van der Waals surface area (Å²) in [4.78, 5) is 0. The van der Waals surface area contributed by atoms with E-state index in [4.69, 9.17) is 10.5 Å². The van der Waals surface area contributed by atoms with Crippen LogP contribution in [0.1, 0.15) is 18.0 Å². The van der Waals surface area contributed by atoms with Crippen LogP contribution in [0.4, 0.5) is 0 Å². The second-order valence-corrected chi connectivity index (χ2v) is 4.17. The van der Waals surface area contributed by atoms with Gasteiger partial charge in [-0.3, -0.25) is 0 Å². The van der Waals surface area contributed by atoms with Gasteiger partial charge in [-0.05, 0) is 53.6 Å². The highest BCUT2D eigenvalue weighted by Crippen LogP contribution is 2.28. The van der Waals surface area contributed by atoms with Gasteiger partial charge in [0.25, 0.3) is 0 Å². The number of hydrogen-bond donors (Lipinski definition) is 2. The molecule has 0 saturated heterocycles. The molecule has 15 heavy (non-hydrogen) atoms.